The highest BCUT2D eigenvalue weighted by molar-refractivity contribution is 6.01. The molecule has 0 amide bonds. The Bertz CT molecular complexity index is 630. The molecule has 0 atom stereocenters. The number of hydrazone groups is 1. The lowest BCUT2D eigenvalue weighted by Gasteiger charge is -2.11. The predicted molar refractivity (Wildman–Crippen MR) is 77.9 cm³/mol. The van der Waals surface area contributed by atoms with Crippen molar-refractivity contribution in [2.75, 3.05) is 5.43 Å². The molecule has 1 N–H and O–H groups in total. The maximum Gasteiger partial charge on any atom is 0.387 e. The number of halogens is 2. The standard InChI is InChI=1S/C15H15F2N3O/c1-10-6-7-13(21-15(16)17)12(9-10)11(2)19-20-14-5-3-4-8-18-14/h3-9,15H,1-2H3,(H,18,20)/b19-11-. The van der Waals surface area contributed by atoms with Gasteiger partial charge in [-0.3, -0.25) is 5.43 Å². The van der Waals surface area contributed by atoms with E-state index in [1.807, 2.05) is 13.0 Å². The van der Waals surface area contributed by atoms with Crippen molar-refractivity contribution in [1.29, 1.82) is 0 Å². The summed E-state index contributed by atoms with van der Waals surface area (Å²) in [7, 11) is 0. The van der Waals surface area contributed by atoms with Crippen molar-refractivity contribution in [1.82, 2.24) is 4.98 Å². The van der Waals surface area contributed by atoms with E-state index in [4.69, 9.17) is 0 Å². The van der Waals surface area contributed by atoms with E-state index >= 15 is 0 Å². The van der Waals surface area contributed by atoms with Crippen molar-refractivity contribution < 1.29 is 13.5 Å². The lowest BCUT2D eigenvalue weighted by molar-refractivity contribution is -0.0499. The monoisotopic (exact) mass is 291 g/mol. The second-order valence-electron chi connectivity index (χ2n) is 4.40. The number of nitrogens with one attached hydrogen (secondary N) is 1. The molecule has 0 radical (unpaired) electrons. The van der Waals surface area contributed by atoms with Gasteiger partial charge in [0.25, 0.3) is 0 Å². The third-order valence-electron chi connectivity index (χ3n) is 2.74. The van der Waals surface area contributed by atoms with Crippen LogP contribution in [0, 0.1) is 6.92 Å². The first kappa shape index (κ1) is 14.9. The molecule has 0 aliphatic rings. The highest BCUT2D eigenvalue weighted by Gasteiger charge is 2.12. The summed E-state index contributed by atoms with van der Waals surface area (Å²) in [5.74, 6) is 0.667. The van der Waals surface area contributed by atoms with Crippen molar-refractivity contribution in [3.63, 3.8) is 0 Å². The molecule has 1 heterocycles. The number of benzene rings is 1. The SMILES string of the molecule is C/C(=N/Nc1ccccn1)c1cc(C)ccc1OC(F)F. The Morgan fingerprint density at radius 1 is 1.29 bits per heavy atom. The van der Waals surface area contributed by atoms with Gasteiger partial charge in [-0.15, -0.1) is 0 Å². The van der Waals surface area contributed by atoms with Crippen LogP contribution in [-0.2, 0) is 0 Å². The Balaban J connectivity index is 2.24. The average Bonchev–Trinajstić information content (AvgIpc) is 2.47. The maximum atomic E-state index is 12.4. The molecule has 4 nitrogen and oxygen atoms in total. The van der Waals surface area contributed by atoms with Crippen molar-refractivity contribution in [2.24, 2.45) is 5.10 Å². The Kier molecular flexibility index (Phi) is 4.81. The summed E-state index contributed by atoms with van der Waals surface area (Å²) >= 11 is 0. The molecule has 1 aromatic carbocycles. The number of alkyl halides is 2. The normalized spacial score (nSPS) is 11.6. The maximum absolute atomic E-state index is 12.4. The van der Waals surface area contributed by atoms with E-state index in [1.165, 1.54) is 6.07 Å². The number of hydrogen-bond donors (Lipinski definition) is 1. The largest absolute Gasteiger partial charge is 0.434 e. The zero-order chi connectivity index (χ0) is 15.2. The van der Waals surface area contributed by atoms with Crippen molar-refractivity contribution in [3.05, 3.63) is 53.7 Å². The van der Waals surface area contributed by atoms with E-state index in [9.17, 15) is 8.78 Å². The van der Waals surface area contributed by atoms with Gasteiger partial charge in [0.1, 0.15) is 11.6 Å². The number of nitrogens with zero attached hydrogens (tertiary/aromatic N) is 2. The van der Waals surface area contributed by atoms with E-state index in [0.717, 1.165) is 5.56 Å². The van der Waals surface area contributed by atoms with Crippen molar-refractivity contribution >= 4 is 11.5 Å². The van der Waals surface area contributed by atoms with E-state index in [2.05, 4.69) is 20.2 Å². The Labute approximate surface area is 121 Å². The van der Waals surface area contributed by atoms with Crippen LogP contribution in [0.1, 0.15) is 18.1 Å². The van der Waals surface area contributed by atoms with Crippen LogP contribution in [0.25, 0.3) is 0 Å². The second-order valence-corrected chi connectivity index (χ2v) is 4.40. The van der Waals surface area contributed by atoms with Crippen molar-refractivity contribution in [2.45, 2.75) is 20.5 Å². The van der Waals surface area contributed by atoms with Gasteiger partial charge < -0.3 is 4.74 Å². The second kappa shape index (κ2) is 6.78. The number of aryl methyl sites for hydroxylation is 1. The third kappa shape index (κ3) is 4.24. The van der Waals surface area contributed by atoms with Crippen LogP contribution in [0.2, 0.25) is 0 Å². The van der Waals surface area contributed by atoms with Gasteiger partial charge in [-0.05, 0) is 38.1 Å². The number of pyridine rings is 1. The summed E-state index contributed by atoms with van der Waals surface area (Å²) in [5.41, 5.74) is 4.75. The molecule has 0 unspecified atom stereocenters. The van der Waals surface area contributed by atoms with Crippen LogP contribution in [0.5, 0.6) is 5.75 Å². The topological polar surface area (TPSA) is 46.5 Å². The van der Waals surface area contributed by atoms with Gasteiger partial charge in [0.2, 0.25) is 0 Å². The fourth-order valence-corrected chi connectivity index (χ4v) is 1.76. The first-order chi connectivity index (χ1) is 10.1. The molecule has 1 aromatic heterocycles. The van der Waals surface area contributed by atoms with Crippen LogP contribution in [-0.4, -0.2) is 17.3 Å². The lowest BCUT2D eigenvalue weighted by atomic mass is 10.1. The van der Waals surface area contributed by atoms with Crippen LogP contribution in [0.4, 0.5) is 14.6 Å². The molecule has 21 heavy (non-hydrogen) atoms. The van der Waals surface area contributed by atoms with Crippen LogP contribution in [0.3, 0.4) is 0 Å². The minimum absolute atomic E-state index is 0.0969. The van der Waals surface area contributed by atoms with Gasteiger partial charge in [0.05, 0.1) is 5.71 Å². The number of hydrogen-bond acceptors (Lipinski definition) is 4. The van der Waals surface area contributed by atoms with Gasteiger partial charge in [0.15, 0.2) is 0 Å². The summed E-state index contributed by atoms with van der Waals surface area (Å²) in [5, 5.41) is 4.15. The predicted octanol–water partition coefficient (Wildman–Crippen LogP) is 3.83. The number of aromatic nitrogens is 1. The molecule has 6 heteroatoms. The van der Waals surface area contributed by atoms with E-state index in [-0.39, 0.29) is 5.75 Å². The summed E-state index contributed by atoms with van der Waals surface area (Å²) < 4.78 is 29.4. The third-order valence-corrected chi connectivity index (χ3v) is 2.74. The molecule has 0 fully saturated rings. The van der Waals surface area contributed by atoms with E-state index < -0.39 is 6.61 Å². The number of ether oxygens (including phenoxy) is 1. The molecule has 0 aliphatic heterocycles. The molecule has 2 rings (SSSR count). The summed E-state index contributed by atoms with van der Waals surface area (Å²) in [4.78, 5) is 4.06. The van der Waals surface area contributed by atoms with Crippen LogP contribution >= 0.6 is 0 Å². The van der Waals surface area contributed by atoms with E-state index in [0.29, 0.717) is 17.1 Å². The van der Waals surface area contributed by atoms with Gasteiger partial charge in [-0.25, -0.2) is 4.98 Å². The number of rotatable bonds is 5. The first-order valence-corrected chi connectivity index (χ1v) is 6.33. The fourth-order valence-electron chi connectivity index (χ4n) is 1.76. The highest BCUT2D eigenvalue weighted by atomic mass is 19.3. The summed E-state index contributed by atoms with van der Waals surface area (Å²) in [6.45, 7) is 0.709. The van der Waals surface area contributed by atoms with Crippen molar-refractivity contribution in [3.8, 4) is 5.75 Å². The minimum Gasteiger partial charge on any atom is -0.434 e. The molecule has 0 saturated carbocycles. The lowest BCUT2D eigenvalue weighted by Crippen LogP contribution is -2.08. The molecular formula is C15H15F2N3O. The molecule has 0 aliphatic carbocycles. The zero-order valence-electron chi connectivity index (χ0n) is 11.7. The summed E-state index contributed by atoms with van der Waals surface area (Å²) in [6.07, 6.45) is 1.63. The Hall–Kier alpha value is -2.50. The van der Waals surface area contributed by atoms with Gasteiger partial charge in [0, 0.05) is 11.8 Å². The molecular weight excluding hydrogens is 276 g/mol. The van der Waals surface area contributed by atoms with Crippen LogP contribution < -0.4 is 10.2 Å². The molecule has 110 valence electrons. The smallest absolute Gasteiger partial charge is 0.387 e. The zero-order valence-corrected chi connectivity index (χ0v) is 11.7. The Morgan fingerprint density at radius 2 is 2.10 bits per heavy atom. The fraction of sp³-hybridized carbons (Fsp3) is 0.200. The highest BCUT2D eigenvalue weighted by Crippen LogP contribution is 2.23. The molecule has 0 saturated heterocycles. The van der Waals surface area contributed by atoms with Gasteiger partial charge in [-0.1, -0.05) is 17.7 Å². The Morgan fingerprint density at radius 3 is 2.76 bits per heavy atom. The molecule has 0 bridgehead atoms. The number of anilines is 1. The molecule has 2 aromatic rings. The first-order valence-electron chi connectivity index (χ1n) is 6.33. The van der Waals surface area contributed by atoms with Crippen LogP contribution in [0.15, 0.2) is 47.7 Å². The van der Waals surface area contributed by atoms with E-state index in [1.54, 1.807) is 37.4 Å². The van der Waals surface area contributed by atoms with Gasteiger partial charge in [-0.2, -0.15) is 13.9 Å². The van der Waals surface area contributed by atoms with Gasteiger partial charge >= 0.3 is 6.61 Å². The minimum atomic E-state index is -2.87. The quantitative estimate of drug-likeness (QED) is 0.672. The molecule has 0 spiro atoms. The average molecular weight is 291 g/mol. The summed E-state index contributed by atoms with van der Waals surface area (Å²) in [6, 6.07) is 10.3.